The van der Waals surface area contributed by atoms with Gasteiger partial charge in [0.15, 0.2) is 0 Å². The predicted molar refractivity (Wildman–Crippen MR) is 118 cm³/mol. The van der Waals surface area contributed by atoms with Crippen LogP contribution in [-0.2, 0) is 0 Å². The molecular weight excluding hydrogens is 264 g/mol. The van der Waals surface area contributed by atoms with Gasteiger partial charge >= 0.3 is 0 Å². The van der Waals surface area contributed by atoms with Crippen molar-refractivity contribution in [1.82, 2.24) is 0 Å². The molecule has 0 heterocycles. The summed E-state index contributed by atoms with van der Waals surface area (Å²) in [6, 6.07) is 0. The predicted octanol–water partition coefficient (Wildman–Crippen LogP) is 9.43. The van der Waals surface area contributed by atoms with Gasteiger partial charge in [-0.25, -0.2) is 0 Å². The summed E-state index contributed by atoms with van der Waals surface area (Å²) in [7, 11) is 0. The van der Waals surface area contributed by atoms with Gasteiger partial charge in [-0.15, -0.1) is 6.58 Å². The first-order chi connectivity index (χ1) is 10.7. The molecule has 0 saturated heterocycles. The average Bonchev–Trinajstić information content (AvgIpc) is 2.69. The summed E-state index contributed by atoms with van der Waals surface area (Å²) in [5.41, 5.74) is 0. The van der Waals surface area contributed by atoms with Crippen LogP contribution < -0.4 is 0 Å². The Balaban J connectivity index is -0.0000000175. The fourth-order valence-electron chi connectivity index (χ4n) is 0. The molecular formula is C22H50. The summed E-state index contributed by atoms with van der Waals surface area (Å²) >= 11 is 0. The van der Waals surface area contributed by atoms with Gasteiger partial charge < -0.3 is 0 Å². The van der Waals surface area contributed by atoms with Crippen molar-refractivity contribution in [3.63, 3.8) is 0 Å². The van der Waals surface area contributed by atoms with Crippen molar-refractivity contribution in [3.05, 3.63) is 63.3 Å². The molecule has 0 aromatic heterocycles. The molecule has 0 heteroatoms. The van der Waals surface area contributed by atoms with Gasteiger partial charge in [-0.2, -0.15) is 0 Å². The van der Waals surface area contributed by atoms with Crippen LogP contribution in [0.15, 0.2) is 63.3 Å². The zero-order chi connectivity index (χ0) is 20.2. The molecule has 0 N–H and O–H groups in total. The topological polar surface area (TPSA) is 0 Å². The molecule has 0 aliphatic rings. The lowest BCUT2D eigenvalue weighted by molar-refractivity contribution is 1.23. The zero-order valence-electron chi connectivity index (χ0n) is 18.1. The molecule has 0 unspecified atom stereocenters. The van der Waals surface area contributed by atoms with Gasteiger partial charge in [0, 0.05) is 0 Å². The van der Waals surface area contributed by atoms with Crippen molar-refractivity contribution in [2.24, 2.45) is 0 Å². The van der Waals surface area contributed by atoms with Crippen molar-refractivity contribution < 1.29 is 0 Å². The van der Waals surface area contributed by atoms with Crippen LogP contribution >= 0.6 is 0 Å². The van der Waals surface area contributed by atoms with Crippen LogP contribution in [0.2, 0.25) is 0 Å². The quantitative estimate of drug-likeness (QED) is 0.359. The normalized spacial score (nSPS) is 4.32. The Morgan fingerprint density at radius 1 is 0.455 bits per heavy atom. The minimum absolute atomic E-state index is 1.08. The number of allylic oxidation sites excluding steroid dienone is 5. The maximum Gasteiger partial charge on any atom is -0.0382 e. The van der Waals surface area contributed by atoms with Crippen molar-refractivity contribution in [2.75, 3.05) is 0 Å². The van der Waals surface area contributed by atoms with Gasteiger partial charge in [-0.1, -0.05) is 133 Å². The Morgan fingerprint density at radius 3 is 0.545 bits per heavy atom. The highest BCUT2D eigenvalue weighted by Crippen LogP contribution is 1.66. The fourth-order valence-corrected chi connectivity index (χ4v) is 0. The Bertz CT molecular complexity index is 94.0. The molecule has 0 aliphatic heterocycles. The summed E-state index contributed by atoms with van der Waals surface area (Å²) in [6.45, 7) is 39.0. The second-order valence-corrected chi connectivity index (χ2v) is 1.64. The van der Waals surface area contributed by atoms with E-state index >= 15 is 0 Å². The second-order valence-electron chi connectivity index (χ2n) is 1.64. The van der Waals surface area contributed by atoms with Crippen LogP contribution in [0, 0.1) is 0 Å². The van der Waals surface area contributed by atoms with E-state index in [1.165, 1.54) is 0 Å². The van der Waals surface area contributed by atoms with Crippen LogP contribution in [0.3, 0.4) is 0 Å². The van der Waals surface area contributed by atoms with Crippen LogP contribution in [0.1, 0.15) is 82.6 Å². The fraction of sp³-hybridized carbons (Fsp3) is 0.545. The first-order valence-corrected chi connectivity index (χ1v) is 8.82. The maximum absolute atomic E-state index is 3.48. The SMILES string of the molecule is C=CC=C.C=CC=C.C=CCC.CC.CC.CC.CC.CC. The molecule has 0 aromatic rings. The Morgan fingerprint density at radius 2 is 0.545 bits per heavy atom. The first-order valence-electron chi connectivity index (χ1n) is 8.82. The third-order valence-electron chi connectivity index (χ3n) is 0.622. The average molecular weight is 315 g/mol. The van der Waals surface area contributed by atoms with Gasteiger partial charge in [-0.05, 0) is 6.42 Å². The van der Waals surface area contributed by atoms with E-state index in [2.05, 4.69) is 39.8 Å². The van der Waals surface area contributed by atoms with E-state index in [4.69, 9.17) is 0 Å². The molecule has 0 rings (SSSR count). The van der Waals surface area contributed by atoms with Crippen LogP contribution in [-0.4, -0.2) is 0 Å². The minimum Gasteiger partial charge on any atom is -0.103 e. The van der Waals surface area contributed by atoms with Gasteiger partial charge in [0.05, 0.1) is 0 Å². The molecule has 0 bridgehead atoms. The standard InChI is InChI=1S/C4H8.2C4H6.5C2H6/c3*1-3-4-2;5*1-2/h3H,1,4H2,2H3;2*3-4H,1-2H2;5*1-2H3. The monoisotopic (exact) mass is 314 g/mol. The molecule has 0 radical (unpaired) electrons. The molecule has 0 nitrogen and oxygen atoms in total. The summed E-state index contributed by atoms with van der Waals surface area (Å²) < 4.78 is 0. The van der Waals surface area contributed by atoms with Crippen LogP contribution in [0.4, 0.5) is 0 Å². The molecule has 0 amide bonds. The molecule has 0 spiro atoms. The highest BCUT2D eigenvalue weighted by molar-refractivity contribution is 4.88. The lowest BCUT2D eigenvalue weighted by Gasteiger charge is -1.57. The summed E-state index contributed by atoms with van der Waals surface area (Å²) in [5.74, 6) is 0. The van der Waals surface area contributed by atoms with Gasteiger partial charge in [0.1, 0.15) is 0 Å². The Hall–Kier alpha value is -1.30. The second kappa shape index (κ2) is 312. The third-order valence-corrected chi connectivity index (χ3v) is 0.622. The molecule has 0 atom stereocenters. The smallest absolute Gasteiger partial charge is 0.0382 e. The van der Waals surface area contributed by atoms with Crippen LogP contribution in [0.5, 0.6) is 0 Å². The van der Waals surface area contributed by atoms with Crippen molar-refractivity contribution in [1.29, 1.82) is 0 Å². The van der Waals surface area contributed by atoms with E-state index in [9.17, 15) is 0 Å². The van der Waals surface area contributed by atoms with Crippen LogP contribution in [0.25, 0.3) is 0 Å². The van der Waals surface area contributed by atoms with E-state index in [1.807, 2.05) is 75.3 Å². The maximum atomic E-state index is 3.48. The largest absolute Gasteiger partial charge is 0.103 e. The number of hydrogen-bond acceptors (Lipinski definition) is 0. The van der Waals surface area contributed by atoms with E-state index in [1.54, 1.807) is 24.3 Å². The molecule has 0 aliphatic carbocycles. The van der Waals surface area contributed by atoms with Crippen molar-refractivity contribution in [2.45, 2.75) is 82.6 Å². The zero-order valence-corrected chi connectivity index (χ0v) is 18.1. The highest BCUT2D eigenvalue weighted by atomic mass is 13.5. The lowest BCUT2D eigenvalue weighted by atomic mass is 10.5. The lowest BCUT2D eigenvalue weighted by Crippen LogP contribution is -1.36. The Labute approximate surface area is 146 Å². The van der Waals surface area contributed by atoms with Gasteiger partial charge in [0.25, 0.3) is 0 Å². The summed E-state index contributed by atoms with van der Waals surface area (Å²) in [4.78, 5) is 0. The molecule has 0 saturated carbocycles. The first kappa shape index (κ1) is 49.8. The van der Waals surface area contributed by atoms with E-state index in [0.717, 1.165) is 6.42 Å². The summed E-state index contributed by atoms with van der Waals surface area (Å²) in [6.07, 6.45) is 9.51. The minimum atomic E-state index is 1.08. The third kappa shape index (κ3) is 2030. The summed E-state index contributed by atoms with van der Waals surface area (Å²) in [5, 5.41) is 0. The highest BCUT2D eigenvalue weighted by Gasteiger charge is 1.45. The van der Waals surface area contributed by atoms with Gasteiger partial charge in [-0.3, -0.25) is 0 Å². The van der Waals surface area contributed by atoms with E-state index in [-0.39, 0.29) is 0 Å². The van der Waals surface area contributed by atoms with Gasteiger partial charge in [0.2, 0.25) is 0 Å². The Kier molecular flexibility index (Phi) is 706. The van der Waals surface area contributed by atoms with Crippen molar-refractivity contribution in [3.8, 4) is 0 Å². The molecule has 22 heavy (non-hydrogen) atoms. The molecule has 0 fully saturated rings. The number of rotatable bonds is 3. The van der Waals surface area contributed by atoms with Crippen molar-refractivity contribution >= 4 is 0 Å². The molecule has 138 valence electrons. The van der Waals surface area contributed by atoms with E-state index in [0.29, 0.717) is 0 Å². The molecule has 0 aromatic carbocycles. The van der Waals surface area contributed by atoms with E-state index < -0.39 is 0 Å². The number of hydrogen-bond donors (Lipinski definition) is 0.